The predicted octanol–water partition coefficient (Wildman–Crippen LogP) is 2.92. The van der Waals surface area contributed by atoms with Gasteiger partial charge >= 0.3 is 0 Å². The van der Waals surface area contributed by atoms with Crippen LogP contribution in [-0.2, 0) is 19.1 Å². The summed E-state index contributed by atoms with van der Waals surface area (Å²) in [6.45, 7) is 5.80. The van der Waals surface area contributed by atoms with Crippen LogP contribution < -0.4 is 5.32 Å². The van der Waals surface area contributed by atoms with Crippen molar-refractivity contribution in [1.82, 2.24) is 10.2 Å². The fourth-order valence-electron chi connectivity index (χ4n) is 5.26. The van der Waals surface area contributed by atoms with Crippen LogP contribution in [0.5, 0.6) is 0 Å². The maximum absolute atomic E-state index is 13.4. The van der Waals surface area contributed by atoms with Crippen LogP contribution in [0.25, 0.3) is 0 Å². The first kappa shape index (κ1) is 19.7. The van der Waals surface area contributed by atoms with Crippen LogP contribution in [0.2, 0.25) is 0 Å². The Morgan fingerprint density at radius 3 is 2.54 bits per heavy atom. The minimum Gasteiger partial charge on any atom is -0.498 e. The molecule has 1 N–H and O–H groups in total. The molecule has 0 radical (unpaired) electrons. The number of allylic oxidation sites excluding steroid dienone is 1. The molecule has 2 bridgehead atoms. The van der Waals surface area contributed by atoms with Gasteiger partial charge in [0, 0.05) is 24.7 Å². The average molecular weight is 391 g/mol. The number of hydrogen-bond acceptors (Lipinski definition) is 4. The standard InChI is InChI=1S/C22H34N2O4/c1-3-27-14-22(9-10-22)21(26)24-17-6-4-7-18(24)13-16(12-17)23-20(25)19-8-5-11-28-15(19)2/h16-18H,3-14H2,1-2H3,(H,23,25). The highest BCUT2D eigenvalue weighted by Crippen LogP contribution is 2.50. The van der Waals surface area contributed by atoms with Crippen molar-refractivity contribution >= 4 is 11.8 Å². The molecule has 2 atom stereocenters. The molecule has 4 rings (SSSR count). The molecule has 1 saturated carbocycles. The molecular formula is C22H34N2O4. The molecule has 0 spiro atoms. The van der Waals surface area contributed by atoms with Crippen molar-refractivity contribution in [3.8, 4) is 0 Å². The Kier molecular flexibility index (Phi) is 5.68. The van der Waals surface area contributed by atoms with Crippen molar-refractivity contribution in [2.75, 3.05) is 19.8 Å². The summed E-state index contributed by atoms with van der Waals surface area (Å²) in [5, 5.41) is 3.26. The van der Waals surface area contributed by atoms with Gasteiger partial charge in [-0.1, -0.05) is 0 Å². The molecule has 2 unspecified atom stereocenters. The lowest BCUT2D eigenvalue weighted by molar-refractivity contribution is -0.150. The second kappa shape index (κ2) is 8.05. The Balaban J connectivity index is 1.41. The van der Waals surface area contributed by atoms with Crippen LogP contribution >= 0.6 is 0 Å². The molecule has 3 fully saturated rings. The molecular weight excluding hydrogens is 356 g/mol. The van der Waals surface area contributed by atoms with Crippen LogP contribution in [0.1, 0.15) is 71.6 Å². The number of carbonyl (C=O) groups excluding carboxylic acids is 2. The van der Waals surface area contributed by atoms with Gasteiger partial charge in [0.2, 0.25) is 5.91 Å². The van der Waals surface area contributed by atoms with E-state index in [1.807, 2.05) is 13.8 Å². The molecule has 6 nitrogen and oxygen atoms in total. The minimum absolute atomic E-state index is 0.0232. The van der Waals surface area contributed by atoms with Gasteiger partial charge in [-0.3, -0.25) is 9.59 Å². The number of piperidine rings is 2. The highest BCUT2D eigenvalue weighted by atomic mass is 16.5. The van der Waals surface area contributed by atoms with Crippen molar-refractivity contribution < 1.29 is 19.1 Å². The first-order chi connectivity index (χ1) is 13.5. The van der Waals surface area contributed by atoms with Gasteiger partial charge in [-0.2, -0.15) is 0 Å². The molecule has 4 aliphatic rings. The monoisotopic (exact) mass is 390 g/mol. The van der Waals surface area contributed by atoms with Gasteiger partial charge in [-0.25, -0.2) is 0 Å². The number of carbonyl (C=O) groups is 2. The van der Waals surface area contributed by atoms with Crippen molar-refractivity contribution in [2.45, 2.75) is 89.8 Å². The molecule has 0 aromatic heterocycles. The summed E-state index contributed by atoms with van der Waals surface area (Å²) in [5.74, 6) is 1.10. The Bertz CT molecular complexity index is 641. The number of amides is 2. The van der Waals surface area contributed by atoms with Crippen molar-refractivity contribution in [1.29, 1.82) is 0 Å². The summed E-state index contributed by atoms with van der Waals surface area (Å²) in [5.41, 5.74) is 0.532. The van der Waals surface area contributed by atoms with Crippen LogP contribution in [-0.4, -0.2) is 54.7 Å². The topological polar surface area (TPSA) is 67.9 Å². The van der Waals surface area contributed by atoms with E-state index in [1.54, 1.807) is 0 Å². The Labute approximate surface area is 168 Å². The lowest BCUT2D eigenvalue weighted by Gasteiger charge is -2.50. The third kappa shape index (κ3) is 3.80. The molecule has 2 amide bonds. The summed E-state index contributed by atoms with van der Waals surface area (Å²) in [7, 11) is 0. The largest absolute Gasteiger partial charge is 0.498 e. The van der Waals surface area contributed by atoms with Crippen LogP contribution in [0, 0.1) is 5.41 Å². The fourth-order valence-corrected chi connectivity index (χ4v) is 5.26. The molecule has 3 heterocycles. The number of rotatable bonds is 6. The van der Waals surface area contributed by atoms with Crippen LogP contribution in [0.3, 0.4) is 0 Å². The van der Waals surface area contributed by atoms with E-state index >= 15 is 0 Å². The highest BCUT2D eigenvalue weighted by Gasteiger charge is 2.55. The van der Waals surface area contributed by atoms with E-state index in [0.29, 0.717) is 25.7 Å². The van der Waals surface area contributed by atoms with E-state index in [9.17, 15) is 9.59 Å². The zero-order valence-electron chi connectivity index (χ0n) is 17.3. The Hall–Kier alpha value is -1.56. The van der Waals surface area contributed by atoms with Crippen molar-refractivity contribution in [3.05, 3.63) is 11.3 Å². The molecule has 28 heavy (non-hydrogen) atoms. The Morgan fingerprint density at radius 1 is 1.21 bits per heavy atom. The van der Waals surface area contributed by atoms with Gasteiger partial charge in [0.1, 0.15) is 5.76 Å². The first-order valence-corrected chi connectivity index (χ1v) is 11.1. The van der Waals surface area contributed by atoms with Gasteiger partial charge in [0.25, 0.3) is 5.91 Å². The maximum Gasteiger partial charge on any atom is 0.250 e. The number of ether oxygens (including phenoxy) is 2. The lowest BCUT2D eigenvalue weighted by atomic mass is 9.80. The molecule has 2 saturated heterocycles. The molecule has 3 aliphatic heterocycles. The van der Waals surface area contributed by atoms with Gasteiger partial charge in [0.05, 0.1) is 24.2 Å². The van der Waals surface area contributed by atoms with E-state index in [2.05, 4.69) is 10.2 Å². The van der Waals surface area contributed by atoms with Crippen LogP contribution in [0.4, 0.5) is 0 Å². The second-order valence-electron chi connectivity index (χ2n) is 9.00. The highest BCUT2D eigenvalue weighted by molar-refractivity contribution is 5.94. The SMILES string of the molecule is CCOCC1(C(=O)N2C3CCCC2CC(NC(=O)C2=C(C)OCCC2)C3)CC1. The normalized spacial score (nSPS) is 31.2. The van der Waals surface area contributed by atoms with E-state index in [-0.39, 0.29) is 29.4 Å². The number of fused-ring (bicyclic) bond motifs is 2. The summed E-state index contributed by atoms with van der Waals surface area (Å²) < 4.78 is 11.2. The molecule has 6 heteroatoms. The third-order valence-electron chi connectivity index (χ3n) is 7.02. The molecule has 156 valence electrons. The quantitative estimate of drug-likeness (QED) is 0.757. The molecule has 0 aromatic rings. The summed E-state index contributed by atoms with van der Waals surface area (Å²) in [4.78, 5) is 28.3. The Morgan fingerprint density at radius 2 is 1.93 bits per heavy atom. The summed E-state index contributed by atoms with van der Waals surface area (Å²) >= 11 is 0. The van der Waals surface area contributed by atoms with Gasteiger partial charge in [-0.05, 0) is 71.6 Å². The summed E-state index contributed by atoms with van der Waals surface area (Å²) in [6, 6.07) is 0.653. The minimum atomic E-state index is -0.263. The zero-order chi connectivity index (χ0) is 19.7. The van der Waals surface area contributed by atoms with Gasteiger partial charge in [0.15, 0.2) is 0 Å². The lowest BCUT2D eigenvalue weighted by Crippen LogP contribution is -2.60. The van der Waals surface area contributed by atoms with Crippen LogP contribution in [0.15, 0.2) is 11.3 Å². The number of nitrogens with zero attached hydrogens (tertiary/aromatic N) is 1. The second-order valence-corrected chi connectivity index (χ2v) is 9.00. The predicted molar refractivity (Wildman–Crippen MR) is 105 cm³/mol. The zero-order valence-corrected chi connectivity index (χ0v) is 17.3. The number of nitrogens with one attached hydrogen (secondary N) is 1. The van der Waals surface area contributed by atoms with E-state index < -0.39 is 0 Å². The summed E-state index contributed by atoms with van der Waals surface area (Å²) in [6.07, 6.45) is 8.61. The molecule has 0 aromatic carbocycles. The smallest absolute Gasteiger partial charge is 0.250 e. The van der Waals surface area contributed by atoms with E-state index in [4.69, 9.17) is 9.47 Å². The number of hydrogen-bond donors (Lipinski definition) is 1. The molecule has 1 aliphatic carbocycles. The van der Waals surface area contributed by atoms with Gasteiger partial charge < -0.3 is 19.7 Å². The van der Waals surface area contributed by atoms with Gasteiger partial charge in [-0.15, -0.1) is 0 Å². The van der Waals surface area contributed by atoms with Crippen molar-refractivity contribution in [3.63, 3.8) is 0 Å². The third-order valence-corrected chi connectivity index (χ3v) is 7.02. The van der Waals surface area contributed by atoms with E-state index in [1.165, 1.54) is 6.42 Å². The first-order valence-electron chi connectivity index (χ1n) is 11.1. The van der Waals surface area contributed by atoms with Crippen molar-refractivity contribution in [2.24, 2.45) is 5.41 Å². The maximum atomic E-state index is 13.4. The fraction of sp³-hybridized carbons (Fsp3) is 0.818. The van der Waals surface area contributed by atoms with E-state index in [0.717, 1.165) is 62.7 Å². The average Bonchev–Trinajstić information content (AvgIpc) is 3.46.